The van der Waals surface area contributed by atoms with E-state index in [-0.39, 0.29) is 17.8 Å². The molecule has 2 unspecified atom stereocenters. The summed E-state index contributed by atoms with van der Waals surface area (Å²) >= 11 is 1.53. The van der Waals surface area contributed by atoms with Gasteiger partial charge in [0, 0.05) is 4.88 Å². The van der Waals surface area contributed by atoms with Crippen LogP contribution in [-0.2, 0) is 16.1 Å². The maximum Gasteiger partial charge on any atom is 0.249 e. The van der Waals surface area contributed by atoms with Crippen molar-refractivity contribution in [1.82, 2.24) is 5.32 Å². The second-order valence-corrected chi connectivity index (χ2v) is 7.29. The molecule has 0 fully saturated rings. The molecule has 2 aromatic carbocycles. The summed E-state index contributed by atoms with van der Waals surface area (Å²) in [6.07, 6.45) is -0.644. The predicted molar refractivity (Wildman–Crippen MR) is 108 cm³/mol. The van der Waals surface area contributed by atoms with Crippen molar-refractivity contribution in [3.63, 3.8) is 0 Å². The van der Waals surface area contributed by atoms with Gasteiger partial charge in [0.25, 0.3) is 0 Å². The van der Waals surface area contributed by atoms with Gasteiger partial charge in [-0.15, -0.1) is 11.3 Å². The minimum Gasteiger partial charge on any atom is -0.497 e. The number of methoxy groups -OCH3 is 1. The van der Waals surface area contributed by atoms with Crippen molar-refractivity contribution in [3.05, 3.63) is 87.9 Å². The average molecular weight is 399 g/mol. The van der Waals surface area contributed by atoms with Crippen molar-refractivity contribution in [3.8, 4) is 5.75 Å². The van der Waals surface area contributed by atoms with E-state index in [2.05, 4.69) is 5.32 Å². The van der Waals surface area contributed by atoms with E-state index >= 15 is 0 Å². The largest absolute Gasteiger partial charge is 0.497 e. The Morgan fingerprint density at radius 2 is 1.93 bits per heavy atom. The van der Waals surface area contributed by atoms with Gasteiger partial charge in [-0.2, -0.15) is 0 Å². The third kappa shape index (κ3) is 5.18. The first-order valence-corrected chi connectivity index (χ1v) is 9.78. The highest BCUT2D eigenvalue weighted by Crippen LogP contribution is 2.26. The molecule has 0 aliphatic heterocycles. The highest BCUT2D eigenvalue weighted by molar-refractivity contribution is 7.10. The van der Waals surface area contributed by atoms with Crippen molar-refractivity contribution in [1.29, 1.82) is 0 Å². The van der Waals surface area contributed by atoms with Gasteiger partial charge in [-0.1, -0.05) is 30.3 Å². The van der Waals surface area contributed by atoms with Gasteiger partial charge in [-0.25, -0.2) is 4.39 Å². The Balaban J connectivity index is 1.66. The predicted octanol–water partition coefficient (Wildman–Crippen LogP) is 4.71. The molecule has 1 N–H and O–H groups in total. The van der Waals surface area contributed by atoms with Gasteiger partial charge in [0.05, 0.1) is 19.8 Å². The zero-order valence-electron chi connectivity index (χ0n) is 15.7. The Morgan fingerprint density at radius 1 is 1.14 bits per heavy atom. The fourth-order valence-electron chi connectivity index (χ4n) is 2.75. The van der Waals surface area contributed by atoms with Gasteiger partial charge < -0.3 is 14.8 Å². The van der Waals surface area contributed by atoms with Gasteiger partial charge in [0.15, 0.2) is 0 Å². The van der Waals surface area contributed by atoms with Gasteiger partial charge >= 0.3 is 0 Å². The number of benzene rings is 2. The molecule has 0 aliphatic carbocycles. The van der Waals surface area contributed by atoms with Crippen LogP contribution in [0, 0.1) is 5.82 Å². The summed E-state index contributed by atoms with van der Waals surface area (Å²) in [6, 6.07) is 17.2. The second-order valence-electron chi connectivity index (χ2n) is 6.31. The lowest BCUT2D eigenvalue weighted by Crippen LogP contribution is -2.37. The third-order valence-electron chi connectivity index (χ3n) is 4.32. The SMILES string of the molecule is COc1cccc(COC(C)C(=O)NC(c2ccc(F)cc2)c2cccs2)c1. The van der Waals surface area contributed by atoms with Crippen LogP contribution in [0.5, 0.6) is 5.75 Å². The van der Waals surface area contributed by atoms with Crippen molar-refractivity contribution in [2.75, 3.05) is 7.11 Å². The number of rotatable bonds is 8. The molecule has 0 saturated heterocycles. The fraction of sp³-hybridized carbons (Fsp3) is 0.227. The van der Waals surface area contributed by atoms with Crippen LogP contribution in [0.3, 0.4) is 0 Å². The molecular formula is C22H22FNO3S. The molecule has 1 aromatic heterocycles. The van der Waals surface area contributed by atoms with E-state index in [4.69, 9.17) is 9.47 Å². The van der Waals surface area contributed by atoms with E-state index in [1.807, 2.05) is 41.8 Å². The van der Waals surface area contributed by atoms with E-state index in [0.717, 1.165) is 21.8 Å². The fourth-order valence-corrected chi connectivity index (χ4v) is 3.55. The second kappa shape index (κ2) is 9.48. The highest BCUT2D eigenvalue weighted by atomic mass is 32.1. The van der Waals surface area contributed by atoms with Gasteiger partial charge in [-0.3, -0.25) is 4.79 Å². The summed E-state index contributed by atoms with van der Waals surface area (Å²) in [5.74, 6) is 0.202. The maximum absolute atomic E-state index is 13.3. The Labute approximate surface area is 167 Å². The number of halogens is 1. The lowest BCUT2D eigenvalue weighted by molar-refractivity contribution is -0.133. The molecule has 6 heteroatoms. The summed E-state index contributed by atoms with van der Waals surface area (Å²) in [4.78, 5) is 13.7. The Bertz CT molecular complexity index is 896. The highest BCUT2D eigenvalue weighted by Gasteiger charge is 2.22. The first-order chi connectivity index (χ1) is 13.6. The molecule has 1 heterocycles. The molecular weight excluding hydrogens is 377 g/mol. The monoisotopic (exact) mass is 399 g/mol. The first-order valence-electron chi connectivity index (χ1n) is 8.90. The zero-order chi connectivity index (χ0) is 19.9. The zero-order valence-corrected chi connectivity index (χ0v) is 16.5. The molecule has 1 amide bonds. The molecule has 2 atom stereocenters. The molecule has 0 spiro atoms. The average Bonchev–Trinajstić information content (AvgIpc) is 3.25. The van der Waals surface area contributed by atoms with Crippen LogP contribution in [0.15, 0.2) is 66.0 Å². The summed E-state index contributed by atoms with van der Waals surface area (Å²) in [5.41, 5.74) is 1.74. The van der Waals surface area contributed by atoms with Crippen molar-refractivity contribution >= 4 is 17.2 Å². The van der Waals surface area contributed by atoms with E-state index in [1.54, 1.807) is 26.2 Å². The van der Waals surface area contributed by atoms with Crippen LogP contribution >= 0.6 is 11.3 Å². The number of carbonyl (C=O) groups is 1. The quantitative estimate of drug-likeness (QED) is 0.597. The van der Waals surface area contributed by atoms with Crippen molar-refractivity contribution < 1.29 is 18.7 Å². The Kier molecular flexibility index (Phi) is 6.79. The molecule has 0 aliphatic rings. The summed E-state index contributed by atoms with van der Waals surface area (Å²) in [5, 5.41) is 4.96. The Morgan fingerprint density at radius 3 is 2.61 bits per heavy atom. The van der Waals surface area contributed by atoms with Crippen LogP contribution in [-0.4, -0.2) is 19.1 Å². The molecule has 0 bridgehead atoms. The standard InChI is InChI=1S/C22H22FNO3S/c1-15(27-14-16-5-3-6-19(13-16)26-2)22(25)24-21(20-7-4-12-28-20)17-8-10-18(23)11-9-17/h3-13,15,21H,14H2,1-2H3,(H,24,25). The minimum absolute atomic E-state index is 0.231. The molecule has 3 rings (SSSR count). The number of hydrogen-bond acceptors (Lipinski definition) is 4. The minimum atomic E-state index is -0.644. The lowest BCUT2D eigenvalue weighted by Gasteiger charge is -2.21. The van der Waals surface area contributed by atoms with Crippen LogP contribution < -0.4 is 10.1 Å². The number of thiophene rings is 1. The van der Waals surface area contributed by atoms with Crippen LogP contribution in [0.1, 0.15) is 29.0 Å². The third-order valence-corrected chi connectivity index (χ3v) is 5.26. The lowest BCUT2D eigenvalue weighted by atomic mass is 10.0. The molecule has 3 aromatic rings. The summed E-state index contributed by atoms with van der Waals surface area (Å²) in [6.45, 7) is 2.01. The van der Waals surface area contributed by atoms with Gasteiger partial charge in [-0.05, 0) is 53.8 Å². The Hall–Kier alpha value is -2.70. The number of amides is 1. The molecule has 28 heavy (non-hydrogen) atoms. The summed E-state index contributed by atoms with van der Waals surface area (Å²) in [7, 11) is 1.61. The van der Waals surface area contributed by atoms with Crippen molar-refractivity contribution in [2.24, 2.45) is 0 Å². The maximum atomic E-state index is 13.3. The van der Waals surface area contributed by atoms with E-state index < -0.39 is 6.10 Å². The molecule has 0 saturated carbocycles. The normalized spacial score (nSPS) is 13.0. The number of ether oxygens (including phenoxy) is 2. The number of carbonyl (C=O) groups excluding carboxylic acids is 1. The van der Waals surface area contributed by atoms with Gasteiger partial charge in [0.2, 0.25) is 5.91 Å². The smallest absolute Gasteiger partial charge is 0.249 e. The van der Waals surface area contributed by atoms with Crippen LogP contribution in [0.4, 0.5) is 4.39 Å². The van der Waals surface area contributed by atoms with E-state index in [1.165, 1.54) is 23.5 Å². The van der Waals surface area contributed by atoms with Gasteiger partial charge in [0.1, 0.15) is 17.7 Å². The van der Waals surface area contributed by atoms with Crippen molar-refractivity contribution in [2.45, 2.75) is 25.7 Å². The van der Waals surface area contributed by atoms with E-state index in [0.29, 0.717) is 6.61 Å². The number of hydrogen-bond donors (Lipinski definition) is 1. The van der Waals surface area contributed by atoms with Crippen LogP contribution in [0.2, 0.25) is 0 Å². The number of nitrogens with one attached hydrogen (secondary N) is 1. The first kappa shape index (κ1) is 20.0. The molecule has 0 radical (unpaired) electrons. The summed E-state index contributed by atoms with van der Waals surface area (Å²) < 4.78 is 24.2. The van der Waals surface area contributed by atoms with Crippen LogP contribution in [0.25, 0.3) is 0 Å². The van der Waals surface area contributed by atoms with E-state index in [9.17, 15) is 9.18 Å². The topological polar surface area (TPSA) is 47.6 Å². The molecule has 146 valence electrons. The molecule has 4 nitrogen and oxygen atoms in total.